The summed E-state index contributed by atoms with van der Waals surface area (Å²) >= 11 is 0. The first-order valence-electron chi connectivity index (χ1n) is 8.11. The molecule has 0 N–H and O–H groups in total. The fraction of sp³-hybridized carbons (Fsp3) is 0.278. The summed E-state index contributed by atoms with van der Waals surface area (Å²) in [5, 5.41) is 12.2. The summed E-state index contributed by atoms with van der Waals surface area (Å²) in [5.74, 6) is 0.611. The topological polar surface area (TPSA) is 46.8 Å². The zero-order chi connectivity index (χ0) is 16.4. The minimum absolute atomic E-state index is 0.204. The van der Waals surface area contributed by atoms with Crippen molar-refractivity contribution in [3.63, 3.8) is 0 Å². The van der Waals surface area contributed by atoms with Crippen LogP contribution < -0.4 is 0 Å². The second-order valence-corrected chi connectivity index (χ2v) is 6.11. The first-order valence-corrected chi connectivity index (χ1v) is 8.11. The van der Waals surface area contributed by atoms with Crippen LogP contribution in [0.2, 0.25) is 0 Å². The average Bonchev–Trinajstić information content (AvgIpc) is 3.36. The lowest BCUT2D eigenvalue weighted by Crippen LogP contribution is -2.26. The number of tetrazole rings is 1. The van der Waals surface area contributed by atoms with Crippen LogP contribution in [0.5, 0.6) is 0 Å². The molecule has 1 fully saturated rings. The molecule has 1 aliphatic rings. The molecule has 0 saturated heterocycles. The van der Waals surface area contributed by atoms with Crippen molar-refractivity contribution in [2.24, 2.45) is 0 Å². The normalized spacial score (nSPS) is 14.2. The summed E-state index contributed by atoms with van der Waals surface area (Å²) in [5.41, 5.74) is 2.05. The first-order chi connectivity index (χ1) is 11.8. The largest absolute Gasteiger partial charge is 0.289 e. The second-order valence-electron chi connectivity index (χ2n) is 6.11. The van der Waals surface area contributed by atoms with E-state index < -0.39 is 0 Å². The first kappa shape index (κ1) is 15.0. The molecule has 0 unspecified atom stereocenters. The minimum Gasteiger partial charge on any atom is -0.289 e. The number of hydrogen-bond acceptors (Lipinski definition) is 4. The summed E-state index contributed by atoms with van der Waals surface area (Å²) < 4.78 is 14.9. The summed E-state index contributed by atoms with van der Waals surface area (Å²) in [4.78, 5) is 2.36. The standard InChI is InChI=1S/C18H18FN5/c19-15-8-6-14(7-9-15)12-23(16-10-11-16)13-18-20-21-22-24(18)17-4-2-1-3-5-17/h1-9,16H,10-13H2. The molecule has 0 bridgehead atoms. The van der Waals surface area contributed by atoms with E-state index in [0.717, 1.165) is 23.6 Å². The minimum atomic E-state index is -0.204. The molecular formula is C18H18FN5. The average molecular weight is 323 g/mol. The van der Waals surface area contributed by atoms with E-state index >= 15 is 0 Å². The predicted molar refractivity (Wildman–Crippen MR) is 87.8 cm³/mol. The summed E-state index contributed by atoms with van der Waals surface area (Å²) in [6, 6.07) is 17.1. The number of hydrogen-bond donors (Lipinski definition) is 0. The van der Waals surface area contributed by atoms with Gasteiger partial charge >= 0.3 is 0 Å². The Bertz CT molecular complexity index is 796. The Morgan fingerprint density at radius 3 is 2.46 bits per heavy atom. The number of aromatic nitrogens is 4. The van der Waals surface area contributed by atoms with Crippen molar-refractivity contribution >= 4 is 0 Å². The Kier molecular flexibility index (Phi) is 4.04. The van der Waals surface area contributed by atoms with Crippen LogP contribution in [0.3, 0.4) is 0 Å². The highest BCUT2D eigenvalue weighted by Gasteiger charge is 2.30. The fourth-order valence-corrected chi connectivity index (χ4v) is 2.83. The Hall–Kier alpha value is -2.60. The zero-order valence-corrected chi connectivity index (χ0v) is 13.2. The number of nitrogens with zero attached hydrogens (tertiary/aromatic N) is 5. The van der Waals surface area contributed by atoms with Gasteiger partial charge in [0.2, 0.25) is 0 Å². The molecule has 2 aromatic carbocycles. The molecule has 0 aliphatic heterocycles. The van der Waals surface area contributed by atoms with Crippen LogP contribution in [0.1, 0.15) is 24.2 Å². The lowest BCUT2D eigenvalue weighted by molar-refractivity contribution is 0.237. The molecule has 0 amide bonds. The Morgan fingerprint density at radius 2 is 1.75 bits per heavy atom. The highest BCUT2D eigenvalue weighted by molar-refractivity contribution is 5.30. The van der Waals surface area contributed by atoms with Crippen LogP contribution in [0.15, 0.2) is 54.6 Å². The third-order valence-corrected chi connectivity index (χ3v) is 4.24. The van der Waals surface area contributed by atoms with Crippen LogP contribution in [0.4, 0.5) is 4.39 Å². The van der Waals surface area contributed by atoms with Crippen LogP contribution in [-0.4, -0.2) is 31.1 Å². The third-order valence-electron chi connectivity index (χ3n) is 4.24. The molecule has 5 nitrogen and oxygen atoms in total. The molecule has 1 aliphatic carbocycles. The van der Waals surface area contributed by atoms with Crippen LogP contribution in [0.25, 0.3) is 5.69 Å². The zero-order valence-electron chi connectivity index (χ0n) is 13.2. The second kappa shape index (κ2) is 6.49. The van der Waals surface area contributed by atoms with Crippen molar-refractivity contribution in [3.8, 4) is 5.69 Å². The number of rotatable bonds is 6. The van der Waals surface area contributed by atoms with Crippen molar-refractivity contribution in [2.45, 2.75) is 32.0 Å². The van der Waals surface area contributed by atoms with Crippen molar-refractivity contribution in [3.05, 3.63) is 71.8 Å². The molecule has 1 saturated carbocycles. The van der Waals surface area contributed by atoms with Gasteiger partial charge in [-0.15, -0.1) is 5.10 Å². The van der Waals surface area contributed by atoms with Crippen molar-refractivity contribution in [1.82, 2.24) is 25.1 Å². The summed E-state index contributed by atoms with van der Waals surface area (Å²) in [6.45, 7) is 1.44. The third kappa shape index (κ3) is 3.33. The lowest BCUT2D eigenvalue weighted by Gasteiger charge is -2.21. The van der Waals surface area contributed by atoms with E-state index in [2.05, 4.69) is 20.4 Å². The molecule has 0 spiro atoms. The number of benzene rings is 2. The molecule has 6 heteroatoms. The predicted octanol–water partition coefficient (Wildman–Crippen LogP) is 2.97. The smallest absolute Gasteiger partial charge is 0.170 e. The van der Waals surface area contributed by atoms with Crippen molar-refractivity contribution in [1.29, 1.82) is 0 Å². The summed E-state index contributed by atoms with van der Waals surface area (Å²) in [6.07, 6.45) is 2.38. The van der Waals surface area contributed by atoms with E-state index in [4.69, 9.17) is 0 Å². The molecule has 3 aromatic rings. The Morgan fingerprint density at radius 1 is 1.00 bits per heavy atom. The maximum atomic E-state index is 13.1. The van der Waals surface area contributed by atoms with Gasteiger partial charge in [0.15, 0.2) is 5.82 Å². The molecule has 0 radical (unpaired) electrons. The quantitative estimate of drug-likeness (QED) is 0.700. The van der Waals surface area contributed by atoms with Gasteiger partial charge in [-0.05, 0) is 53.1 Å². The monoisotopic (exact) mass is 323 g/mol. The Balaban J connectivity index is 1.54. The molecule has 122 valence electrons. The van der Waals surface area contributed by atoms with E-state index in [0.29, 0.717) is 12.6 Å². The Labute approximate surface area is 139 Å². The van der Waals surface area contributed by atoms with Gasteiger partial charge in [-0.25, -0.2) is 4.39 Å². The van der Waals surface area contributed by atoms with Crippen molar-refractivity contribution in [2.75, 3.05) is 0 Å². The fourth-order valence-electron chi connectivity index (χ4n) is 2.83. The van der Waals surface area contributed by atoms with Crippen molar-refractivity contribution < 1.29 is 4.39 Å². The van der Waals surface area contributed by atoms with Gasteiger partial charge in [0, 0.05) is 12.6 Å². The molecule has 24 heavy (non-hydrogen) atoms. The lowest BCUT2D eigenvalue weighted by atomic mass is 10.2. The summed E-state index contributed by atoms with van der Waals surface area (Å²) in [7, 11) is 0. The molecule has 4 rings (SSSR count). The van der Waals surface area contributed by atoms with Crippen LogP contribution >= 0.6 is 0 Å². The van der Waals surface area contributed by atoms with Gasteiger partial charge in [0.05, 0.1) is 12.2 Å². The highest BCUT2D eigenvalue weighted by atomic mass is 19.1. The molecule has 0 atom stereocenters. The van der Waals surface area contributed by atoms with Gasteiger partial charge in [0.25, 0.3) is 0 Å². The van der Waals surface area contributed by atoms with Crippen LogP contribution in [-0.2, 0) is 13.1 Å². The van der Waals surface area contributed by atoms with E-state index in [1.54, 1.807) is 4.68 Å². The maximum Gasteiger partial charge on any atom is 0.170 e. The highest BCUT2D eigenvalue weighted by Crippen LogP contribution is 2.29. The molecule has 1 aromatic heterocycles. The van der Waals surface area contributed by atoms with Crippen LogP contribution in [0, 0.1) is 5.82 Å². The maximum absolute atomic E-state index is 13.1. The van der Waals surface area contributed by atoms with E-state index in [-0.39, 0.29) is 5.82 Å². The molecule has 1 heterocycles. The van der Waals surface area contributed by atoms with Gasteiger partial charge in [-0.2, -0.15) is 4.68 Å². The SMILES string of the molecule is Fc1ccc(CN(Cc2nnnn2-c2ccccc2)C2CC2)cc1. The van der Waals surface area contributed by atoms with E-state index in [1.165, 1.54) is 25.0 Å². The van der Waals surface area contributed by atoms with Gasteiger partial charge < -0.3 is 0 Å². The van der Waals surface area contributed by atoms with Gasteiger partial charge in [-0.1, -0.05) is 30.3 Å². The van der Waals surface area contributed by atoms with Gasteiger partial charge in [-0.3, -0.25) is 4.90 Å². The number of halogens is 1. The number of para-hydroxylation sites is 1. The van der Waals surface area contributed by atoms with Gasteiger partial charge in [0.1, 0.15) is 5.82 Å². The van der Waals surface area contributed by atoms with E-state index in [1.807, 2.05) is 42.5 Å². The molecular weight excluding hydrogens is 305 g/mol. The van der Waals surface area contributed by atoms with E-state index in [9.17, 15) is 4.39 Å².